The van der Waals surface area contributed by atoms with E-state index in [1.807, 2.05) is 22.8 Å². The molecule has 0 bridgehead atoms. The lowest BCUT2D eigenvalue weighted by Gasteiger charge is -2.18. The SMILES string of the molecule is CCN(CC)S(=O)(=O)c1ccc(C(=O)N=c2sc3c4ccccc4ccc3n2CCOC)cc1. The Balaban J connectivity index is 1.76. The standard InChI is InChI=1S/C25H27N3O4S2/c1-4-27(5-2)34(30,31)20-13-10-19(11-14-20)24(29)26-25-28(16-17-32-3)22-15-12-18-8-6-7-9-21(18)23(22)33-25/h6-15H,4-5,16-17H2,1-3H3. The van der Waals surface area contributed by atoms with Gasteiger partial charge in [-0.2, -0.15) is 9.30 Å². The lowest BCUT2D eigenvalue weighted by molar-refractivity contribution is 0.0997. The summed E-state index contributed by atoms with van der Waals surface area (Å²) in [7, 11) is -1.94. The molecule has 1 heterocycles. The highest BCUT2D eigenvalue weighted by molar-refractivity contribution is 7.89. The third-order valence-electron chi connectivity index (χ3n) is 5.73. The Morgan fingerprint density at radius 2 is 1.74 bits per heavy atom. The number of hydrogen-bond acceptors (Lipinski definition) is 5. The first-order chi connectivity index (χ1) is 16.4. The number of aromatic nitrogens is 1. The molecule has 0 saturated carbocycles. The number of fused-ring (bicyclic) bond motifs is 3. The van der Waals surface area contributed by atoms with E-state index in [2.05, 4.69) is 23.2 Å². The number of amides is 1. The molecule has 0 unspecified atom stereocenters. The van der Waals surface area contributed by atoms with Gasteiger partial charge in [-0.1, -0.05) is 55.5 Å². The molecule has 4 rings (SSSR count). The van der Waals surface area contributed by atoms with Gasteiger partial charge in [0, 0.05) is 37.7 Å². The van der Waals surface area contributed by atoms with Crippen molar-refractivity contribution in [1.29, 1.82) is 0 Å². The van der Waals surface area contributed by atoms with Gasteiger partial charge in [-0.15, -0.1) is 0 Å². The van der Waals surface area contributed by atoms with Crippen LogP contribution in [0.15, 0.2) is 70.6 Å². The van der Waals surface area contributed by atoms with Gasteiger partial charge in [0.1, 0.15) is 0 Å². The zero-order valence-corrected chi connectivity index (χ0v) is 21.0. The van der Waals surface area contributed by atoms with Gasteiger partial charge in [-0.05, 0) is 35.7 Å². The molecule has 0 atom stereocenters. The summed E-state index contributed by atoms with van der Waals surface area (Å²) >= 11 is 1.46. The first-order valence-electron chi connectivity index (χ1n) is 11.1. The van der Waals surface area contributed by atoms with Crippen molar-refractivity contribution in [2.45, 2.75) is 25.3 Å². The molecule has 0 aliphatic heterocycles. The Hall–Kier alpha value is -2.85. The Kier molecular flexibility index (Phi) is 7.27. The highest BCUT2D eigenvalue weighted by Crippen LogP contribution is 2.27. The van der Waals surface area contributed by atoms with E-state index in [1.165, 1.54) is 39.9 Å². The smallest absolute Gasteiger partial charge is 0.279 e. The lowest BCUT2D eigenvalue weighted by atomic mass is 10.1. The summed E-state index contributed by atoms with van der Waals surface area (Å²) in [6.45, 7) is 5.41. The fourth-order valence-electron chi connectivity index (χ4n) is 3.92. The quantitative estimate of drug-likeness (QED) is 0.364. The summed E-state index contributed by atoms with van der Waals surface area (Å²) in [5.74, 6) is -0.422. The van der Waals surface area contributed by atoms with E-state index in [4.69, 9.17) is 4.74 Å². The van der Waals surface area contributed by atoms with Crippen molar-refractivity contribution in [1.82, 2.24) is 8.87 Å². The largest absolute Gasteiger partial charge is 0.383 e. The Bertz CT molecular complexity index is 1500. The third kappa shape index (κ3) is 4.56. The van der Waals surface area contributed by atoms with Crippen LogP contribution in [0.3, 0.4) is 0 Å². The molecule has 1 amide bonds. The maximum absolute atomic E-state index is 13.0. The monoisotopic (exact) mass is 497 g/mol. The minimum atomic E-state index is -3.58. The van der Waals surface area contributed by atoms with Crippen molar-refractivity contribution in [3.63, 3.8) is 0 Å². The number of benzene rings is 3. The minimum Gasteiger partial charge on any atom is -0.383 e. The molecule has 7 nitrogen and oxygen atoms in total. The number of carbonyl (C=O) groups is 1. The number of carbonyl (C=O) groups excluding carboxylic acids is 1. The van der Waals surface area contributed by atoms with E-state index in [0.29, 0.717) is 36.6 Å². The molecular weight excluding hydrogens is 470 g/mol. The zero-order chi connectivity index (χ0) is 24.3. The van der Waals surface area contributed by atoms with Gasteiger partial charge in [-0.25, -0.2) is 8.42 Å². The zero-order valence-electron chi connectivity index (χ0n) is 19.4. The van der Waals surface area contributed by atoms with Crippen LogP contribution in [0.25, 0.3) is 21.0 Å². The normalized spacial score (nSPS) is 12.8. The molecule has 1 aromatic heterocycles. The molecule has 0 radical (unpaired) electrons. The molecule has 0 aliphatic rings. The van der Waals surface area contributed by atoms with Crippen LogP contribution in [-0.2, 0) is 21.3 Å². The second kappa shape index (κ2) is 10.2. The molecule has 178 valence electrons. The first-order valence-corrected chi connectivity index (χ1v) is 13.4. The topological polar surface area (TPSA) is 81.0 Å². The predicted octanol–water partition coefficient (Wildman–Crippen LogP) is 4.27. The molecule has 9 heteroatoms. The van der Waals surface area contributed by atoms with E-state index in [9.17, 15) is 13.2 Å². The van der Waals surface area contributed by atoms with Crippen LogP contribution < -0.4 is 4.80 Å². The molecule has 0 saturated heterocycles. The van der Waals surface area contributed by atoms with Gasteiger partial charge in [0.25, 0.3) is 5.91 Å². The fraction of sp³-hybridized carbons (Fsp3) is 0.280. The van der Waals surface area contributed by atoms with E-state index in [0.717, 1.165) is 21.0 Å². The molecule has 3 aromatic carbocycles. The van der Waals surface area contributed by atoms with Crippen molar-refractivity contribution >= 4 is 48.3 Å². The molecular formula is C25H27N3O4S2. The average molecular weight is 498 g/mol. The number of rotatable bonds is 8. The molecule has 0 fully saturated rings. The second-order valence-electron chi connectivity index (χ2n) is 7.69. The number of sulfonamides is 1. The van der Waals surface area contributed by atoms with Crippen molar-refractivity contribution < 1.29 is 17.9 Å². The van der Waals surface area contributed by atoms with Crippen molar-refractivity contribution in [3.05, 3.63) is 71.0 Å². The highest BCUT2D eigenvalue weighted by Gasteiger charge is 2.21. The van der Waals surface area contributed by atoms with Crippen LogP contribution in [0.5, 0.6) is 0 Å². The summed E-state index contributed by atoms with van der Waals surface area (Å²) in [6.07, 6.45) is 0. The minimum absolute atomic E-state index is 0.163. The van der Waals surface area contributed by atoms with Crippen LogP contribution in [0, 0.1) is 0 Å². The van der Waals surface area contributed by atoms with E-state index in [1.54, 1.807) is 21.0 Å². The molecule has 0 spiro atoms. The Labute approximate surface area is 203 Å². The van der Waals surface area contributed by atoms with Crippen LogP contribution in [0.1, 0.15) is 24.2 Å². The van der Waals surface area contributed by atoms with Gasteiger partial charge in [0.15, 0.2) is 4.80 Å². The first kappa shape index (κ1) is 24.3. The van der Waals surface area contributed by atoms with Crippen LogP contribution in [0.2, 0.25) is 0 Å². The van der Waals surface area contributed by atoms with Gasteiger partial charge in [0.2, 0.25) is 10.0 Å². The Morgan fingerprint density at radius 3 is 2.41 bits per heavy atom. The summed E-state index contributed by atoms with van der Waals surface area (Å²) in [5, 5.41) is 2.23. The summed E-state index contributed by atoms with van der Waals surface area (Å²) < 4.78 is 35.2. The maximum atomic E-state index is 13.0. The third-order valence-corrected chi connectivity index (χ3v) is 8.93. The predicted molar refractivity (Wildman–Crippen MR) is 136 cm³/mol. The number of hydrogen-bond donors (Lipinski definition) is 0. The number of ether oxygens (including phenoxy) is 1. The van der Waals surface area contributed by atoms with Crippen molar-refractivity contribution in [2.75, 3.05) is 26.8 Å². The van der Waals surface area contributed by atoms with Crippen molar-refractivity contribution in [2.24, 2.45) is 4.99 Å². The summed E-state index contributed by atoms with van der Waals surface area (Å²) in [4.78, 5) is 18.2. The van der Waals surface area contributed by atoms with Gasteiger partial charge >= 0.3 is 0 Å². The molecule has 34 heavy (non-hydrogen) atoms. The van der Waals surface area contributed by atoms with Crippen LogP contribution >= 0.6 is 11.3 Å². The highest BCUT2D eigenvalue weighted by atomic mass is 32.2. The molecule has 0 aliphatic carbocycles. The van der Waals surface area contributed by atoms with Crippen LogP contribution in [0.4, 0.5) is 0 Å². The summed E-state index contributed by atoms with van der Waals surface area (Å²) in [6, 6.07) is 18.2. The van der Waals surface area contributed by atoms with Gasteiger partial charge in [0.05, 0.1) is 21.7 Å². The second-order valence-corrected chi connectivity index (χ2v) is 10.6. The number of methoxy groups -OCH3 is 1. The van der Waals surface area contributed by atoms with Crippen molar-refractivity contribution in [3.8, 4) is 0 Å². The van der Waals surface area contributed by atoms with E-state index >= 15 is 0 Å². The van der Waals surface area contributed by atoms with E-state index < -0.39 is 15.9 Å². The molecule has 4 aromatic rings. The lowest BCUT2D eigenvalue weighted by Crippen LogP contribution is -2.30. The molecule has 0 N–H and O–H groups in total. The number of thiazole rings is 1. The fourth-order valence-corrected chi connectivity index (χ4v) is 6.56. The number of nitrogens with zero attached hydrogens (tertiary/aromatic N) is 3. The summed E-state index contributed by atoms with van der Waals surface area (Å²) in [5.41, 5.74) is 1.33. The average Bonchev–Trinajstić information content (AvgIpc) is 3.20. The van der Waals surface area contributed by atoms with E-state index in [-0.39, 0.29) is 4.90 Å². The van der Waals surface area contributed by atoms with Gasteiger partial charge in [-0.3, -0.25) is 4.79 Å². The van der Waals surface area contributed by atoms with Gasteiger partial charge < -0.3 is 9.30 Å². The Morgan fingerprint density at radius 1 is 1.03 bits per heavy atom. The van der Waals surface area contributed by atoms with Crippen LogP contribution in [-0.4, -0.2) is 50.0 Å². The maximum Gasteiger partial charge on any atom is 0.279 e.